The average Bonchev–Trinajstić information content (AvgIpc) is 2.30. The number of hydrogen-bond acceptors (Lipinski definition) is 10. The first kappa shape index (κ1) is 24.6. The summed E-state index contributed by atoms with van der Waals surface area (Å²) in [5.74, 6) is -2.20. The van der Waals surface area contributed by atoms with Crippen molar-refractivity contribution in [2.75, 3.05) is 6.61 Å². The van der Waals surface area contributed by atoms with Crippen molar-refractivity contribution in [3.8, 4) is 0 Å². The largest absolute Gasteiger partial charge is 1.00 e. The third kappa shape index (κ3) is 7.67. The number of carbonyl (C=O) groups is 2. The monoisotopic (exact) mass is 362 g/mol. The minimum atomic E-state index is -5.37. The number of rotatable bonds is 3. The van der Waals surface area contributed by atoms with Crippen molar-refractivity contribution in [1.29, 1.82) is 0 Å². The van der Waals surface area contributed by atoms with E-state index in [-0.39, 0.29) is 65.7 Å². The molecule has 0 aromatic carbocycles. The van der Waals surface area contributed by atoms with Crippen LogP contribution in [-0.4, -0.2) is 30.6 Å². The van der Waals surface area contributed by atoms with Crippen molar-refractivity contribution >= 4 is 27.4 Å². The number of Topliss-reactive ketones (excluding diaryl/α,β-unsaturated/α-hetero) is 1. The van der Waals surface area contributed by atoms with Crippen LogP contribution in [0.5, 0.6) is 0 Å². The van der Waals surface area contributed by atoms with E-state index in [1.165, 1.54) is 6.92 Å². The van der Waals surface area contributed by atoms with E-state index in [9.17, 15) is 28.5 Å². The van der Waals surface area contributed by atoms with Gasteiger partial charge in [0.25, 0.3) is 15.6 Å². The van der Waals surface area contributed by atoms with Gasteiger partial charge in [0.2, 0.25) is 0 Å². The van der Waals surface area contributed by atoms with Crippen LogP contribution in [0.2, 0.25) is 0 Å². The second-order valence-electron chi connectivity index (χ2n) is 3.39. The number of ether oxygens (including phenoxy) is 1. The fraction of sp³-hybridized carbons (Fsp3) is 0.714. The molecule has 4 atom stereocenters. The van der Waals surface area contributed by atoms with Gasteiger partial charge in [0.1, 0.15) is 0 Å². The molecule has 0 saturated carbocycles. The quantitative estimate of drug-likeness (QED) is 0.269. The number of phosphoric ester groups is 2. The van der Waals surface area contributed by atoms with Gasteiger partial charge in [0.15, 0.2) is 18.0 Å². The van der Waals surface area contributed by atoms with Gasteiger partial charge in [-0.05, 0) is 13.8 Å². The SMILES string of the molecule is CCOC(=O)[C@@H]1OP(=O)([O-])OP(=O)([O-])O[C@H]1C(C)=O.[Na+].[Na+]. The summed E-state index contributed by atoms with van der Waals surface area (Å²) in [6, 6.07) is 0. The molecule has 1 aliphatic heterocycles. The summed E-state index contributed by atoms with van der Waals surface area (Å²) >= 11 is 0. The number of esters is 1. The average molecular weight is 362 g/mol. The molecular weight excluding hydrogens is 352 g/mol. The Hall–Kier alpha value is 1.40. The summed E-state index contributed by atoms with van der Waals surface area (Å²) in [4.78, 5) is 45.1. The fourth-order valence-electron chi connectivity index (χ4n) is 1.23. The summed E-state index contributed by atoms with van der Waals surface area (Å²) in [7, 11) is -10.7. The number of carbonyl (C=O) groups excluding carboxylic acids is 2. The van der Waals surface area contributed by atoms with Gasteiger partial charge in [-0.15, -0.1) is 0 Å². The molecule has 0 N–H and O–H groups in total. The molecule has 2 unspecified atom stereocenters. The Balaban J connectivity index is 0. The third-order valence-corrected chi connectivity index (χ3v) is 4.45. The maximum absolute atomic E-state index is 11.5. The molecular formula is C7H10Na2O10P2. The maximum atomic E-state index is 11.5. The first-order valence-corrected chi connectivity index (χ1v) is 7.87. The van der Waals surface area contributed by atoms with E-state index < -0.39 is 39.6 Å². The van der Waals surface area contributed by atoms with Crippen molar-refractivity contribution < 1.29 is 106 Å². The van der Waals surface area contributed by atoms with Crippen LogP contribution in [0.3, 0.4) is 0 Å². The Kier molecular flexibility index (Phi) is 11.3. The second-order valence-corrected chi connectivity index (χ2v) is 6.25. The third-order valence-electron chi connectivity index (χ3n) is 1.88. The Morgan fingerprint density at radius 3 is 1.90 bits per heavy atom. The van der Waals surface area contributed by atoms with Gasteiger partial charge in [0.05, 0.1) is 6.61 Å². The number of ketones is 1. The summed E-state index contributed by atoms with van der Waals surface area (Å²) < 4.78 is 38.8. The minimum Gasteiger partial charge on any atom is -0.756 e. The molecule has 0 bridgehead atoms. The van der Waals surface area contributed by atoms with Crippen LogP contribution in [0, 0.1) is 0 Å². The van der Waals surface area contributed by atoms with Crippen molar-refractivity contribution in [2.24, 2.45) is 0 Å². The zero-order chi connectivity index (χ0) is 14.8. The Morgan fingerprint density at radius 1 is 1.10 bits per heavy atom. The molecule has 0 radical (unpaired) electrons. The van der Waals surface area contributed by atoms with E-state index in [0.717, 1.165) is 6.92 Å². The molecule has 110 valence electrons. The second kappa shape index (κ2) is 9.64. The van der Waals surface area contributed by atoms with E-state index in [1.54, 1.807) is 0 Å². The molecule has 0 aromatic rings. The van der Waals surface area contributed by atoms with Crippen molar-refractivity contribution in [2.45, 2.75) is 26.1 Å². The van der Waals surface area contributed by atoms with Crippen LogP contribution < -0.4 is 68.9 Å². The first-order valence-electron chi connectivity index (χ1n) is 4.95. The molecule has 1 rings (SSSR count). The molecule has 1 saturated heterocycles. The summed E-state index contributed by atoms with van der Waals surface area (Å²) in [5.41, 5.74) is 0. The van der Waals surface area contributed by atoms with Crippen molar-refractivity contribution in [1.82, 2.24) is 0 Å². The molecule has 21 heavy (non-hydrogen) atoms. The van der Waals surface area contributed by atoms with Gasteiger partial charge in [-0.1, -0.05) is 0 Å². The molecule has 10 nitrogen and oxygen atoms in total. The van der Waals surface area contributed by atoms with Gasteiger partial charge in [0, 0.05) is 0 Å². The van der Waals surface area contributed by atoms with Gasteiger partial charge >= 0.3 is 65.1 Å². The van der Waals surface area contributed by atoms with Crippen LogP contribution in [-0.2, 0) is 36.8 Å². The Labute approximate surface area is 164 Å². The maximum Gasteiger partial charge on any atom is 1.00 e. The summed E-state index contributed by atoms with van der Waals surface area (Å²) in [6.07, 6.45) is -4.07. The number of hydrogen-bond donors (Lipinski definition) is 0. The molecule has 1 heterocycles. The van der Waals surface area contributed by atoms with Crippen LogP contribution in [0.4, 0.5) is 0 Å². The molecule has 1 fully saturated rings. The minimum absolute atomic E-state index is 0. The van der Waals surface area contributed by atoms with E-state index >= 15 is 0 Å². The number of phosphoric acid groups is 2. The molecule has 0 aliphatic carbocycles. The predicted molar refractivity (Wildman–Crippen MR) is 53.4 cm³/mol. The summed E-state index contributed by atoms with van der Waals surface area (Å²) in [5, 5.41) is 0. The molecule has 0 spiro atoms. The van der Waals surface area contributed by atoms with E-state index in [0.29, 0.717) is 0 Å². The smallest absolute Gasteiger partial charge is 0.756 e. The van der Waals surface area contributed by atoms with Crippen molar-refractivity contribution in [3.63, 3.8) is 0 Å². The van der Waals surface area contributed by atoms with Crippen molar-refractivity contribution in [3.05, 3.63) is 0 Å². The van der Waals surface area contributed by atoms with Crippen LogP contribution in [0.15, 0.2) is 0 Å². The molecule has 1 aliphatic rings. The Morgan fingerprint density at radius 2 is 1.52 bits per heavy atom. The molecule has 14 heteroatoms. The van der Waals surface area contributed by atoms with Crippen LogP contribution in [0.1, 0.15) is 13.8 Å². The topological polar surface area (TPSA) is 151 Å². The summed E-state index contributed by atoms with van der Waals surface area (Å²) in [6.45, 7) is 2.17. The molecule has 0 amide bonds. The first-order chi connectivity index (χ1) is 8.58. The normalized spacial score (nSPS) is 35.6. The standard InChI is InChI=1S/C7H12O10P2.2Na/c1-3-14-7(9)6-5(4(2)8)15-18(10,11)17-19(12,13)16-6;;/h5-6H,3H2,1-2H3,(H,10,11)(H,12,13);;/q;2*+1/p-2/t5-,6+;;/m0../s1. The van der Waals surface area contributed by atoms with Gasteiger partial charge in [-0.2, -0.15) is 0 Å². The van der Waals surface area contributed by atoms with Gasteiger partial charge in [-0.25, -0.2) is 9.11 Å². The molecule has 0 aromatic heterocycles. The Bertz CT molecular complexity index is 482. The van der Waals surface area contributed by atoms with E-state index in [1.807, 2.05) is 0 Å². The van der Waals surface area contributed by atoms with E-state index in [2.05, 4.69) is 18.1 Å². The van der Waals surface area contributed by atoms with Gasteiger partial charge in [-0.3, -0.25) is 18.4 Å². The zero-order valence-electron chi connectivity index (χ0n) is 11.8. The van der Waals surface area contributed by atoms with Gasteiger partial charge < -0.3 is 19.0 Å². The zero-order valence-corrected chi connectivity index (χ0v) is 17.6. The fourth-order valence-corrected chi connectivity index (χ4v) is 3.53. The van der Waals surface area contributed by atoms with Crippen LogP contribution >= 0.6 is 15.6 Å². The predicted octanol–water partition coefficient (Wildman–Crippen LogP) is -7.12. The van der Waals surface area contributed by atoms with E-state index in [4.69, 9.17) is 0 Å². The van der Waals surface area contributed by atoms with Crippen LogP contribution in [0.25, 0.3) is 0 Å².